The minimum Gasteiger partial charge on any atom is -0.371 e. The van der Waals surface area contributed by atoms with Crippen LogP contribution in [0.15, 0.2) is 53.4 Å². The SMILES string of the molecule is CN(Cc1ccccc1N1CCCCC1)C(=O)c1cccc(S(=O)(=O)N(C)C)c1. The minimum atomic E-state index is -3.58. The molecule has 0 spiro atoms. The lowest BCUT2D eigenvalue weighted by Crippen LogP contribution is -2.32. The first kappa shape index (κ1) is 21.3. The molecule has 0 aromatic heterocycles. The van der Waals surface area contributed by atoms with Crippen LogP contribution in [-0.2, 0) is 16.6 Å². The van der Waals surface area contributed by atoms with Gasteiger partial charge in [0, 0.05) is 52.0 Å². The number of hydrogen-bond acceptors (Lipinski definition) is 4. The summed E-state index contributed by atoms with van der Waals surface area (Å²) >= 11 is 0. The van der Waals surface area contributed by atoms with Crippen molar-refractivity contribution in [2.75, 3.05) is 39.1 Å². The second-order valence-corrected chi connectivity index (χ2v) is 9.80. The molecule has 1 amide bonds. The summed E-state index contributed by atoms with van der Waals surface area (Å²) in [5.74, 6) is -0.200. The minimum absolute atomic E-state index is 0.121. The van der Waals surface area contributed by atoms with Crippen LogP contribution >= 0.6 is 0 Å². The van der Waals surface area contributed by atoms with E-state index >= 15 is 0 Å². The summed E-state index contributed by atoms with van der Waals surface area (Å²) in [6, 6.07) is 14.4. The van der Waals surface area contributed by atoms with Crippen LogP contribution < -0.4 is 4.90 Å². The molecule has 0 unspecified atom stereocenters. The molecule has 1 aliphatic heterocycles. The number of rotatable bonds is 6. The van der Waals surface area contributed by atoms with Crippen molar-refractivity contribution in [2.24, 2.45) is 0 Å². The van der Waals surface area contributed by atoms with E-state index in [1.165, 1.54) is 51.2 Å². The molecular weight excluding hydrogens is 386 g/mol. The molecule has 1 heterocycles. The first-order valence-corrected chi connectivity index (χ1v) is 11.4. The Morgan fingerprint density at radius 3 is 2.34 bits per heavy atom. The number of anilines is 1. The molecule has 29 heavy (non-hydrogen) atoms. The van der Waals surface area contributed by atoms with E-state index in [2.05, 4.69) is 17.0 Å². The van der Waals surface area contributed by atoms with Gasteiger partial charge in [-0.3, -0.25) is 4.79 Å². The van der Waals surface area contributed by atoms with Gasteiger partial charge in [-0.1, -0.05) is 24.3 Å². The van der Waals surface area contributed by atoms with Crippen LogP contribution in [0.25, 0.3) is 0 Å². The zero-order valence-electron chi connectivity index (χ0n) is 17.3. The summed E-state index contributed by atoms with van der Waals surface area (Å²) in [5, 5.41) is 0. The highest BCUT2D eigenvalue weighted by molar-refractivity contribution is 7.89. The van der Waals surface area contributed by atoms with Crippen LogP contribution in [0.4, 0.5) is 5.69 Å². The van der Waals surface area contributed by atoms with E-state index in [1.54, 1.807) is 24.1 Å². The molecule has 2 aromatic carbocycles. The van der Waals surface area contributed by atoms with E-state index in [4.69, 9.17) is 0 Å². The predicted molar refractivity (Wildman–Crippen MR) is 116 cm³/mol. The van der Waals surface area contributed by atoms with Crippen LogP contribution in [0.5, 0.6) is 0 Å². The monoisotopic (exact) mass is 415 g/mol. The maximum atomic E-state index is 13.0. The number of carbonyl (C=O) groups excluding carboxylic acids is 1. The van der Waals surface area contributed by atoms with Crippen LogP contribution in [0.3, 0.4) is 0 Å². The Morgan fingerprint density at radius 1 is 0.966 bits per heavy atom. The normalized spacial score (nSPS) is 14.8. The Balaban J connectivity index is 1.80. The van der Waals surface area contributed by atoms with Crippen LogP contribution in [0.1, 0.15) is 35.2 Å². The van der Waals surface area contributed by atoms with Crippen molar-refractivity contribution < 1.29 is 13.2 Å². The van der Waals surface area contributed by atoms with Crippen molar-refractivity contribution in [1.29, 1.82) is 0 Å². The number of carbonyl (C=O) groups is 1. The molecule has 1 aliphatic rings. The number of amides is 1. The van der Waals surface area contributed by atoms with Gasteiger partial charge in [-0.15, -0.1) is 0 Å². The van der Waals surface area contributed by atoms with E-state index in [0.29, 0.717) is 12.1 Å². The van der Waals surface area contributed by atoms with Gasteiger partial charge in [0.05, 0.1) is 4.90 Å². The van der Waals surface area contributed by atoms with Crippen molar-refractivity contribution >= 4 is 21.6 Å². The highest BCUT2D eigenvalue weighted by Gasteiger charge is 2.21. The first-order valence-electron chi connectivity index (χ1n) is 9.91. The number of piperidine rings is 1. The van der Waals surface area contributed by atoms with E-state index in [9.17, 15) is 13.2 Å². The third kappa shape index (κ3) is 4.79. The Labute approximate surface area is 173 Å². The second kappa shape index (κ2) is 8.97. The van der Waals surface area contributed by atoms with E-state index in [0.717, 1.165) is 23.0 Å². The average molecular weight is 416 g/mol. The van der Waals surface area contributed by atoms with Crippen LogP contribution in [0.2, 0.25) is 0 Å². The van der Waals surface area contributed by atoms with Gasteiger partial charge in [-0.25, -0.2) is 12.7 Å². The molecule has 6 nitrogen and oxygen atoms in total. The quantitative estimate of drug-likeness (QED) is 0.727. The van der Waals surface area contributed by atoms with Gasteiger partial charge < -0.3 is 9.80 Å². The van der Waals surface area contributed by atoms with E-state index in [1.807, 2.05) is 12.1 Å². The van der Waals surface area contributed by atoms with Gasteiger partial charge in [-0.2, -0.15) is 0 Å². The lowest BCUT2D eigenvalue weighted by Gasteiger charge is -2.31. The first-order chi connectivity index (χ1) is 13.8. The molecule has 3 rings (SSSR count). The van der Waals surface area contributed by atoms with Gasteiger partial charge in [0.25, 0.3) is 5.91 Å². The van der Waals surface area contributed by atoms with Crippen molar-refractivity contribution in [2.45, 2.75) is 30.7 Å². The Hall–Kier alpha value is -2.38. The lowest BCUT2D eigenvalue weighted by atomic mass is 10.1. The summed E-state index contributed by atoms with van der Waals surface area (Å²) in [4.78, 5) is 17.1. The second-order valence-electron chi connectivity index (χ2n) is 7.65. The molecule has 0 radical (unpaired) electrons. The topological polar surface area (TPSA) is 60.9 Å². The Bertz CT molecular complexity index is 967. The molecule has 1 saturated heterocycles. The van der Waals surface area contributed by atoms with Crippen molar-refractivity contribution in [3.05, 3.63) is 59.7 Å². The molecule has 0 bridgehead atoms. The summed E-state index contributed by atoms with van der Waals surface area (Å²) in [5.41, 5.74) is 2.64. The van der Waals surface area contributed by atoms with Gasteiger partial charge in [0.15, 0.2) is 0 Å². The Morgan fingerprint density at radius 2 is 1.66 bits per heavy atom. The van der Waals surface area contributed by atoms with Crippen LogP contribution in [0, 0.1) is 0 Å². The van der Waals surface area contributed by atoms with Crippen LogP contribution in [-0.4, -0.2) is 57.8 Å². The van der Waals surface area contributed by atoms with Gasteiger partial charge in [-0.05, 0) is 49.1 Å². The average Bonchev–Trinajstić information content (AvgIpc) is 2.74. The fourth-order valence-electron chi connectivity index (χ4n) is 3.64. The highest BCUT2D eigenvalue weighted by atomic mass is 32.2. The fraction of sp³-hybridized carbons (Fsp3) is 0.409. The number of sulfonamides is 1. The number of nitrogens with zero attached hydrogens (tertiary/aromatic N) is 3. The van der Waals surface area contributed by atoms with Crippen molar-refractivity contribution in [3.8, 4) is 0 Å². The summed E-state index contributed by atoms with van der Waals surface area (Å²) in [7, 11) is 1.13. The fourth-order valence-corrected chi connectivity index (χ4v) is 4.58. The molecular formula is C22H29N3O3S. The molecule has 2 aromatic rings. The molecule has 0 atom stereocenters. The maximum Gasteiger partial charge on any atom is 0.253 e. The highest BCUT2D eigenvalue weighted by Crippen LogP contribution is 2.25. The predicted octanol–water partition coefficient (Wildman–Crippen LogP) is 3.20. The maximum absolute atomic E-state index is 13.0. The largest absolute Gasteiger partial charge is 0.371 e. The van der Waals surface area contributed by atoms with Crippen molar-refractivity contribution in [1.82, 2.24) is 9.21 Å². The number of benzene rings is 2. The summed E-state index contributed by atoms with van der Waals surface area (Å²) in [6.45, 7) is 2.55. The lowest BCUT2D eigenvalue weighted by molar-refractivity contribution is 0.0785. The summed E-state index contributed by atoms with van der Waals surface area (Å²) in [6.07, 6.45) is 3.65. The van der Waals surface area contributed by atoms with Gasteiger partial charge in [0.1, 0.15) is 0 Å². The zero-order valence-corrected chi connectivity index (χ0v) is 18.2. The van der Waals surface area contributed by atoms with Gasteiger partial charge in [0.2, 0.25) is 10.0 Å². The molecule has 156 valence electrons. The number of para-hydroxylation sites is 1. The third-order valence-corrected chi connectivity index (χ3v) is 7.11. The molecule has 0 saturated carbocycles. The molecule has 7 heteroatoms. The molecule has 1 fully saturated rings. The third-order valence-electron chi connectivity index (χ3n) is 5.30. The number of hydrogen-bond donors (Lipinski definition) is 0. The van der Waals surface area contributed by atoms with E-state index < -0.39 is 10.0 Å². The van der Waals surface area contributed by atoms with Gasteiger partial charge >= 0.3 is 0 Å². The Kier molecular flexibility index (Phi) is 6.59. The van der Waals surface area contributed by atoms with Crippen molar-refractivity contribution in [3.63, 3.8) is 0 Å². The van der Waals surface area contributed by atoms with E-state index in [-0.39, 0.29) is 10.8 Å². The zero-order chi connectivity index (χ0) is 21.0. The standard InChI is InChI=1S/C22H29N3O3S/c1-23(2)29(27,28)20-12-9-11-18(16-20)22(26)24(3)17-19-10-5-6-13-21(19)25-14-7-4-8-15-25/h5-6,9-13,16H,4,7-8,14-15,17H2,1-3H3. The molecule has 0 N–H and O–H groups in total. The molecule has 0 aliphatic carbocycles. The summed E-state index contributed by atoms with van der Waals surface area (Å²) < 4.78 is 25.9. The smallest absolute Gasteiger partial charge is 0.253 e.